The Hall–Kier alpha value is -5.49. The summed E-state index contributed by atoms with van der Waals surface area (Å²) in [4.78, 5) is 77.3. The SMILES string of the molecule is CC(C)[C@H](NC(=O)[C@@H](N)CCCNC(=N)N)C(=O)N[C@@H](CO)C(=O)N[C@@H](CCCNC(=N)N)C(=O)N[C@@H](CCCNC(=N)N)C(=O)N[C@@H](CO)C(=O)O. The van der Waals surface area contributed by atoms with Gasteiger partial charge in [-0.15, -0.1) is 0 Å². The minimum absolute atomic E-state index is 0.0950. The minimum Gasteiger partial charge on any atom is -0.480 e. The third kappa shape index (κ3) is 20.2. The second kappa shape index (κ2) is 25.5. The zero-order valence-corrected chi connectivity index (χ0v) is 29.9. The van der Waals surface area contributed by atoms with Crippen LogP contribution >= 0.6 is 0 Å². The molecule has 0 aliphatic carbocycles. The van der Waals surface area contributed by atoms with Gasteiger partial charge in [0.05, 0.1) is 19.3 Å². The molecule has 24 heteroatoms. The lowest BCUT2D eigenvalue weighted by Crippen LogP contribution is -2.60. The average molecular weight is 760 g/mol. The van der Waals surface area contributed by atoms with Crippen molar-refractivity contribution in [3.05, 3.63) is 0 Å². The summed E-state index contributed by atoms with van der Waals surface area (Å²) in [7, 11) is 0. The summed E-state index contributed by atoms with van der Waals surface area (Å²) < 4.78 is 0. The molecule has 0 heterocycles. The maximum atomic E-state index is 13.5. The van der Waals surface area contributed by atoms with Crippen molar-refractivity contribution < 1.29 is 44.1 Å². The van der Waals surface area contributed by atoms with Crippen molar-refractivity contribution in [2.45, 2.75) is 88.6 Å². The summed E-state index contributed by atoms with van der Waals surface area (Å²) in [6.07, 6.45) is 0.689. The van der Waals surface area contributed by atoms with Crippen LogP contribution in [0.5, 0.6) is 0 Å². The van der Waals surface area contributed by atoms with Gasteiger partial charge in [-0.2, -0.15) is 0 Å². The first-order chi connectivity index (χ1) is 24.8. The van der Waals surface area contributed by atoms with E-state index in [1.807, 2.05) is 0 Å². The van der Waals surface area contributed by atoms with E-state index < -0.39 is 90.9 Å². The molecular weight excluding hydrogens is 702 g/mol. The van der Waals surface area contributed by atoms with E-state index in [1.54, 1.807) is 13.8 Å². The summed E-state index contributed by atoms with van der Waals surface area (Å²) >= 11 is 0. The number of carboxylic acids is 1. The van der Waals surface area contributed by atoms with Crippen LogP contribution in [0.15, 0.2) is 0 Å². The van der Waals surface area contributed by atoms with E-state index in [-0.39, 0.29) is 63.1 Å². The zero-order chi connectivity index (χ0) is 40.7. The third-order valence-corrected chi connectivity index (χ3v) is 7.44. The van der Waals surface area contributed by atoms with E-state index in [0.29, 0.717) is 13.0 Å². The van der Waals surface area contributed by atoms with Gasteiger partial charge in [-0.1, -0.05) is 13.8 Å². The van der Waals surface area contributed by atoms with E-state index in [4.69, 9.17) is 39.2 Å². The van der Waals surface area contributed by atoms with Gasteiger partial charge in [0.15, 0.2) is 17.9 Å². The number of nitrogens with one attached hydrogen (secondary N) is 11. The topological polar surface area (TPSA) is 435 Å². The number of aliphatic hydroxyl groups excluding tert-OH is 2. The van der Waals surface area contributed by atoms with Crippen LogP contribution in [0.1, 0.15) is 52.4 Å². The smallest absolute Gasteiger partial charge is 0.328 e. The summed E-state index contributed by atoms with van der Waals surface area (Å²) in [6, 6.07) is -8.30. The number of hydrogen-bond donors (Lipinski definition) is 18. The van der Waals surface area contributed by atoms with Gasteiger partial charge in [0.1, 0.15) is 30.2 Å². The van der Waals surface area contributed by atoms with E-state index in [9.17, 15) is 44.1 Å². The monoisotopic (exact) mass is 759 g/mol. The maximum absolute atomic E-state index is 13.5. The lowest BCUT2D eigenvalue weighted by molar-refractivity contribution is -0.143. The van der Waals surface area contributed by atoms with Gasteiger partial charge in [0.25, 0.3) is 0 Å². The summed E-state index contributed by atoms with van der Waals surface area (Å²) in [5, 5.41) is 69.9. The molecule has 0 saturated carbocycles. The Morgan fingerprint density at radius 2 is 0.906 bits per heavy atom. The molecule has 302 valence electrons. The van der Waals surface area contributed by atoms with Crippen LogP contribution in [0.4, 0.5) is 0 Å². The molecule has 6 atom stereocenters. The highest BCUT2D eigenvalue weighted by molar-refractivity contribution is 5.96. The van der Waals surface area contributed by atoms with Gasteiger partial charge in [0, 0.05) is 19.6 Å². The second-order valence-electron chi connectivity index (χ2n) is 12.2. The van der Waals surface area contributed by atoms with E-state index >= 15 is 0 Å². The quantitative estimate of drug-likeness (QED) is 0.0221. The Morgan fingerprint density at radius 1 is 0.547 bits per heavy atom. The van der Waals surface area contributed by atoms with Gasteiger partial charge in [-0.05, 0) is 44.4 Å². The van der Waals surface area contributed by atoms with Crippen molar-refractivity contribution in [1.29, 1.82) is 16.2 Å². The molecule has 0 radical (unpaired) electrons. The van der Waals surface area contributed by atoms with Crippen LogP contribution < -0.4 is 65.5 Å². The summed E-state index contributed by atoms with van der Waals surface area (Å²) in [5.74, 6) is -7.39. The van der Waals surface area contributed by atoms with Gasteiger partial charge >= 0.3 is 5.97 Å². The van der Waals surface area contributed by atoms with E-state index in [1.165, 1.54) is 0 Å². The molecule has 53 heavy (non-hydrogen) atoms. The molecule has 0 aromatic heterocycles. The minimum atomic E-state index is -1.69. The Labute approximate surface area is 306 Å². The number of aliphatic carboxylic acids is 1. The first-order valence-corrected chi connectivity index (χ1v) is 16.8. The largest absolute Gasteiger partial charge is 0.480 e. The van der Waals surface area contributed by atoms with Crippen molar-refractivity contribution in [3.63, 3.8) is 0 Å². The highest BCUT2D eigenvalue weighted by atomic mass is 16.4. The molecule has 0 aliphatic heterocycles. The molecule has 0 fully saturated rings. The van der Waals surface area contributed by atoms with Gasteiger partial charge in [-0.3, -0.25) is 40.2 Å². The normalized spacial score (nSPS) is 14.2. The van der Waals surface area contributed by atoms with E-state index in [0.717, 1.165) is 0 Å². The third-order valence-electron chi connectivity index (χ3n) is 7.44. The first kappa shape index (κ1) is 47.5. The maximum Gasteiger partial charge on any atom is 0.328 e. The van der Waals surface area contributed by atoms with E-state index in [2.05, 4.69) is 42.5 Å². The lowest BCUT2D eigenvalue weighted by Gasteiger charge is -2.27. The number of carboxylic acid groups (broad SMARTS) is 1. The fourth-order valence-corrected chi connectivity index (χ4v) is 4.53. The standard InChI is InChI=1S/C29H57N15O9/c1-14(2)20(44-21(47)15(30)6-3-9-37-27(31)32)25(51)42-18(12-45)24(50)41-16(7-4-10-38-28(33)34)22(48)40-17(8-5-11-39-29(35)36)23(49)43-19(13-46)26(52)53/h14-20,45-46H,3-13,30H2,1-2H3,(H,40,48)(H,41,50)(H,42,51)(H,43,49)(H,44,47)(H,52,53)(H4,31,32,37)(H4,33,34,38)(H4,35,36,39)/t15-,16-,17-,18-,19-,20-/m0/s1. The second-order valence-corrected chi connectivity index (χ2v) is 12.2. The van der Waals surface area contributed by atoms with Crippen molar-refractivity contribution in [2.75, 3.05) is 32.8 Å². The molecule has 0 bridgehead atoms. The Morgan fingerprint density at radius 3 is 1.26 bits per heavy atom. The lowest BCUT2D eigenvalue weighted by atomic mass is 10.0. The molecule has 5 amide bonds. The van der Waals surface area contributed by atoms with Crippen LogP contribution in [-0.4, -0.2) is 138 Å². The van der Waals surface area contributed by atoms with Crippen LogP contribution in [0.25, 0.3) is 0 Å². The summed E-state index contributed by atoms with van der Waals surface area (Å²) in [6.45, 7) is 1.87. The van der Waals surface area contributed by atoms with Crippen molar-refractivity contribution in [3.8, 4) is 0 Å². The first-order valence-electron chi connectivity index (χ1n) is 16.8. The van der Waals surface area contributed by atoms with Crippen LogP contribution in [0.3, 0.4) is 0 Å². The molecule has 0 aliphatic rings. The molecule has 0 aromatic rings. The molecule has 22 N–H and O–H groups in total. The number of carbonyl (C=O) groups is 6. The van der Waals surface area contributed by atoms with Crippen molar-refractivity contribution in [1.82, 2.24) is 42.5 Å². The van der Waals surface area contributed by atoms with Crippen molar-refractivity contribution in [2.24, 2.45) is 28.9 Å². The van der Waals surface area contributed by atoms with Crippen molar-refractivity contribution >= 4 is 53.4 Å². The molecule has 0 aromatic carbocycles. The molecule has 0 unspecified atom stereocenters. The Kier molecular flexibility index (Phi) is 22.8. The number of carbonyl (C=O) groups excluding carboxylic acids is 5. The number of aliphatic hydroxyl groups is 2. The van der Waals surface area contributed by atoms with Crippen LogP contribution in [0, 0.1) is 22.1 Å². The average Bonchev–Trinajstić information content (AvgIpc) is 3.07. The van der Waals surface area contributed by atoms with Gasteiger partial charge in [-0.25, -0.2) is 4.79 Å². The zero-order valence-electron chi connectivity index (χ0n) is 29.9. The number of amides is 5. The Balaban J connectivity index is 5.96. The number of guanidine groups is 3. The molecule has 0 saturated heterocycles. The van der Waals surface area contributed by atoms with Crippen LogP contribution in [-0.2, 0) is 28.8 Å². The predicted molar refractivity (Wildman–Crippen MR) is 192 cm³/mol. The summed E-state index contributed by atoms with van der Waals surface area (Å²) in [5.41, 5.74) is 21.8. The highest BCUT2D eigenvalue weighted by Gasteiger charge is 2.33. The molecular formula is C29H57N15O9. The predicted octanol–water partition coefficient (Wildman–Crippen LogP) is -6.75. The fourth-order valence-electron chi connectivity index (χ4n) is 4.53. The number of rotatable bonds is 26. The molecule has 0 rings (SSSR count). The molecule has 0 spiro atoms. The Bertz CT molecular complexity index is 1270. The number of nitrogens with two attached hydrogens (primary N) is 4. The van der Waals surface area contributed by atoms with Gasteiger partial charge in [0.2, 0.25) is 29.5 Å². The molecule has 24 nitrogen and oxygen atoms in total. The number of hydrogen-bond acceptors (Lipinski definition) is 12. The fraction of sp³-hybridized carbons (Fsp3) is 0.690. The van der Waals surface area contributed by atoms with Gasteiger partial charge < -0.3 is 80.8 Å². The highest BCUT2D eigenvalue weighted by Crippen LogP contribution is 2.07. The van der Waals surface area contributed by atoms with Crippen LogP contribution in [0.2, 0.25) is 0 Å².